The average Bonchev–Trinajstić information content (AvgIpc) is 2.97. The third-order valence-electron chi connectivity index (χ3n) is 4.90. The maximum Gasteiger partial charge on any atom is 0.326 e. The highest BCUT2D eigenvalue weighted by Crippen LogP contribution is 2.34. The minimum atomic E-state index is -1.23. The first-order valence-corrected chi connectivity index (χ1v) is 9.23. The van der Waals surface area contributed by atoms with E-state index in [9.17, 15) is 24.0 Å². The van der Waals surface area contributed by atoms with Gasteiger partial charge in [-0.1, -0.05) is 30.4 Å². The molecule has 0 radical (unpaired) electrons. The van der Waals surface area contributed by atoms with Crippen molar-refractivity contribution < 1.29 is 28.7 Å². The molecule has 9 heteroatoms. The van der Waals surface area contributed by atoms with Crippen molar-refractivity contribution in [1.82, 2.24) is 15.8 Å². The van der Waals surface area contributed by atoms with Gasteiger partial charge in [0.15, 0.2) is 6.10 Å². The quantitative estimate of drug-likeness (QED) is 0.319. The van der Waals surface area contributed by atoms with Crippen molar-refractivity contribution in [3.8, 4) is 0 Å². The van der Waals surface area contributed by atoms with Crippen molar-refractivity contribution in [3.05, 3.63) is 48.0 Å². The number of hydrogen-bond donors (Lipinski definition) is 2. The minimum Gasteiger partial charge on any atom is -0.451 e. The number of nitrogens with zero attached hydrogens (tertiary/aromatic N) is 1. The van der Waals surface area contributed by atoms with E-state index in [0.29, 0.717) is 18.4 Å². The molecule has 1 aromatic carbocycles. The molecule has 0 unspecified atom stereocenters. The Bertz CT molecular complexity index is 840. The summed E-state index contributed by atoms with van der Waals surface area (Å²) in [6, 6.07) is 8.24. The van der Waals surface area contributed by atoms with E-state index in [0.717, 1.165) is 4.90 Å². The fourth-order valence-electron chi connectivity index (χ4n) is 3.32. The topological polar surface area (TPSA) is 122 Å². The fourth-order valence-corrected chi connectivity index (χ4v) is 3.32. The summed E-state index contributed by atoms with van der Waals surface area (Å²) in [5.74, 6) is -3.82. The molecular formula is C20H21N3O6. The van der Waals surface area contributed by atoms with Gasteiger partial charge in [0.05, 0.1) is 11.8 Å². The van der Waals surface area contributed by atoms with Gasteiger partial charge in [0.1, 0.15) is 6.54 Å². The Morgan fingerprint density at radius 2 is 1.62 bits per heavy atom. The van der Waals surface area contributed by atoms with Crippen LogP contribution in [0.4, 0.5) is 0 Å². The summed E-state index contributed by atoms with van der Waals surface area (Å²) in [6.45, 7) is 0.776. The van der Waals surface area contributed by atoms with Gasteiger partial charge in [-0.15, -0.1) is 0 Å². The third-order valence-corrected chi connectivity index (χ3v) is 4.90. The second kappa shape index (κ2) is 8.68. The van der Waals surface area contributed by atoms with Gasteiger partial charge in [-0.25, -0.2) is 0 Å². The Balaban J connectivity index is 1.47. The van der Waals surface area contributed by atoms with E-state index in [4.69, 9.17) is 4.74 Å². The number of likely N-dealkylation sites (tertiary alicyclic amines) is 1. The first kappa shape index (κ1) is 20.2. The van der Waals surface area contributed by atoms with E-state index in [1.54, 1.807) is 30.3 Å². The van der Waals surface area contributed by atoms with Gasteiger partial charge < -0.3 is 4.74 Å². The van der Waals surface area contributed by atoms with Gasteiger partial charge >= 0.3 is 5.97 Å². The van der Waals surface area contributed by atoms with Crippen LogP contribution in [0.2, 0.25) is 0 Å². The lowest BCUT2D eigenvalue weighted by Crippen LogP contribution is -2.47. The van der Waals surface area contributed by atoms with Gasteiger partial charge in [0.25, 0.3) is 11.8 Å². The number of allylic oxidation sites excluding steroid dienone is 2. The monoisotopic (exact) mass is 399 g/mol. The smallest absolute Gasteiger partial charge is 0.326 e. The molecule has 152 valence electrons. The van der Waals surface area contributed by atoms with Gasteiger partial charge in [0.2, 0.25) is 11.8 Å². The molecule has 0 aromatic heterocycles. The first-order valence-electron chi connectivity index (χ1n) is 9.23. The van der Waals surface area contributed by atoms with E-state index in [2.05, 4.69) is 10.9 Å². The van der Waals surface area contributed by atoms with Crippen molar-refractivity contribution in [1.29, 1.82) is 0 Å². The number of nitrogens with one attached hydrogen (secondary N) is 2. The van der Waals surface area contributed by atoms with Crippen LogP contribution in [0.5, 0.6) is 0 Å². The van der Waals surface area contributed by atoms with Crippen molar-refractivity contribution >= 4 is 29.6 Å². The molecule has 1 aliphatic heterocycles. The summed E-state index contributed by atoms with van der Waals surface area (Å²) in [5.41, 5.74) is 4.73. The molecule has 1 heterocycles. The second-order valence-corrected chi connectivity index (χ2v) is 6.86. The molecule has 0 bridgehead atoms. The van der Waals surface area contributed by atoms with Crippen molar-refractivity contribution in [2.45, 2.75) is 25.9 Å². The lowest BCUT2D eigenvalue weighted by Gasteiger charge is -2.17. The normalized spacial score (nSPS) is 21.3. The van der Waals surface area contributed by atoms with Crippen LogP contribution < -0.4 is 10.9 Å². The number of esters is 1. The number of ether oxygens (including phenoxy) is 1. The molecule has 1 aromatic rings. The van der Waals surface area contributed by atoms with Gasteiger partial charge in [-0.05, 0) is 31.9 Å². The van der Waals surface area contributed by atoms with Crippen LogP contribution in [0.1, 0.15) is 30.1 Å². The molecular weight excluding hydrogens is 378 g/mol. The summed E-state index contributed by atoms with van der Waals surface area (Å²) >= 11 is 0. The first-order chi connectivity index (χ1) is 13.9. The molecule has 2 aliphatic rings. The summed E-state index contributed by atoms with van der Waals surface area (Å²) in [4.78, 5) is 61.6. The zero-order valence-electron chi connectivity index (χ0n) is 15.8. The number of fused-ring (bicyclic) bond motifs is 1. The number of hydrogen-bond acceptors (Lipinski definition) is 6. The summed E-state index contributed by atoms with van der Waals surface area (Å²) in [7, 11) is 0. The molecule has 2 N–H and O–H groups in total. The number of imide groups is 1. The number of amides is 4. The number of rotatable bonds is 5. The van der Waals surface area contributed by atoms with Crippen molar-refractivity contribution in [3.63, 3.8) is 0 Å². The number of benzene rings is 1. The average molecular weight is 399 g/mol. The van der Waals surface area contributed by atoms with Crippen LogP contribution in [0.3, 0.4) is 0 Å². The summed E-state index contributed by atoms with van der Waals surface area (Å²) in [5, 5.41) is 0. The Labute approximate surface area is 167 Å². The highest BCUT2D eigenvalue weighted by molar-refractivity contribution is 6.07. The largest absolute Gasteiger partial charge is 0.451 e. The fraction of sp³-hybridized carbons (Fsp3) is 0.350. The molecule has 1 saturated heterocycles. The standard InChI is InChI=1S/C20H21N3O6/c1-12(17(25)21-22-18(26)13-7-3-2-4-8-13)29-16(24)11-23-19(27)14-9-5-6-10-15(14)20(23)28/h2-8,12,14-15H,9-11H2,1H3,(H,21,25)(H,22,26)/t12-,14-,15+/m1/s1. The minimum absolute atomic E-state index is 0.347. The summed E-state index contributed by atoms with van der Waals surface area (Å²) < 4.78 is 5.00. The lowest BCUT2D eigenvalue weighted by molar-refractivity contribution is -0.159. The Morgan fingerprint density at radius 3 is 2.21 bits per heavy atom. The predicted octanol–water partition coefficient (Wildman–Crippen LogP) is 0.331. The van der Waals surface area contributed by atoms with Gasteiger partial charge in [-0.3, -0.25) is 39.7 Å². The van der Waals surface area contributed by atoms with Crippen LogP contribution in [0.15, 0.2) is 42.5 Å². The van der Waals surface area contributed by atoms with Crippen molar-refractivity contribution in [2.24, 2.45) is 11.8 Å². The molecule has 3 rings (SSSR count). The zero-order valence-corrected chi connectivity index (χ0v) is 15.8. The molecule has 0 spiro atoms. The molecule has 4 amide bonds. The lowest BCUT2D eigenvalue weighted by atomic mass is 9.85. The Kier molecular flexibility index (Phi) is 6.06. The van der Waals surface area contributed by atoms with Gasteiger partial charge in [-0.2, -0.15) is 0 Å². The van der Waals surface area contributed by atoms with E-state index >= 15 is 0 Å². The van der Waals surface area contributed by atoms with Crippen molar-refractivity contribution in [2.75, 3.05) is 6.54 Å². The Hall–Kier alpha value is -3.49. The van der Waals surface area contributed by atoms with Crippen LogP contribution in [0.25, 0.3) is 0 Å². The van der Waals surface area contributed by atoms with Crippen LogP contribution in [-0.2, 0) is 23.9 Å². The van der Waals surface area contributed by atoms with E-state index in [-0.39, 0.29) is 0 Å². The van der Waals surface area contributed by atoms with E-state index in [1.807, 2.05) is 12.2 Å². The van der Waals surface area contributed by atoms with Crippen LogP contribution in [0, 0.1) is 11.8 Å². The van der Waals surface area contributed by atoms with Crippen LogP contribution in [-0.4, -0.2) is 47.1 Å². The number of hydrazine groups is 1. The molecule has 9 nitrogen and oxygen atoms in total. The van der Waals surface area contributed by atoms with Gasteiger partial charge in [0, 0.05) is 5.56 Å². The third kappa shape index (κ3) is 4.50. The molecule has 29 heavy (non-hydrogen) atoms. The zero-order chi connectivity index (χ0) is 21.0. The SMILES string of the molecule is C[C@@H](OC(=O)CN1C(=O)[C@H]2CC=CC[C@H]2C1=O)C(=O)NNC(=O)c1ccccc1. The molecule has 1 aliphatic carbocycles. The van der Waals surface area contributed by atoms with Crippen LogP contribution >= 0.6 is 0 Å². The highest BCUT2D eigenvalue weighted by atomic mass is 16.5. The second-order valence-electron chi connectivity index (χ2n) is 6.86. The number of carbonyl (C=O) groups is 5. The van der Waals surface area contributed by atoms with E-state index < -0.39 is 54.1 Å². The maximum absolute atomic E-state index is 12.4. The maximum atomic E-state index is 12.4. The predicted molar refractivity (Wildman–Crippen MR) is 99.7 cm³/mol. The molecule has 3 atom stereocenters. The summed E-state index contributed by atoms with van der Waals surface area (Å²) in [6.07, 6.45) is 3.42. The highest BCUT2D eigenvalue weighted by Gasteiger charge is 2.47. The van der Waals surface area contributed by atoms with E-state index in [1.165, 1.54) is 6.92 Å². The Morgan fingerprint density at radius 1 is 1.03 bits per heavy atom. The number of carbonyl (C=O) groups excluding carboxylic acids is 5. The molecule has 1 fully saturated rings. The molecule has 0 saturated carbocycles.